The van der Waals surface area contributed by atoms with E-state index in [2.05, 4.69) is 44.8 Å². The van der Waals surface area contributed by atoms with Crippen molar-refractivity contribution in [1.82, 2.24) is 10.6 Å². The lowest BCUT2D eigenvalue weighted by Crippen LogP contribution is -2.39. The Kier molecular flexibility index (Phi) is 7.55. The number of hydrogen-bond acceptors (Lipinski definition) is 4. The van der Waals surface area contributed by atoms with Gasteiger partial charge in [0, 0.05) is 37.7 Å². The molecule has 2 rings (SSSR count). The van der Waals surface area contributed by atoms with Crippen LogP contribution in [0.4, 0.5) is 5.69 Å². The predicted molar refractivity (Wildman–Crippen MR) is 108 cm³/mol. The molecule has 0 saturated carbocycles. The Morgan fingerprint density at radius 1 is 1.20 bits per heavy atom. The zero-order chi connectivity index (χ0) is 18.2. The maximum absolute atomic E-state index is 10.2. The molecule has 0 bridgehead atoms. The van der Waals surface area contributed by atoms with Crippen molar-refractivity contribution in [3.63, 3.8) is 0 Å². The average molecular weight is 381 g/mol. The highest BCUT2D eigenvalue weighted by molar-refractivity contribution is 7.16. The molecule has 1 aromatic heterocycles. The summed E-state index contributed by atoms with van der Waals surface area (Å²) < 4.78 is 0.677. The van der Waals surface area contributed by atoms with Crippen LogP contribution in [0.1, 0.15) is 23.5 Å². The van der Waals surface area contributed by atoms with E-state index in [9.17, 15) is 5.11 Å². The summed E-state index contributed by atoms with van der Waals surface area (Å²) in [5, 5.41) is 16.6. The molecule has 0 saturated heterocycles. The van der Waals surface area contributed by atoms with E-state index < -0.39 is 6.10 Å². The van der Waals surface area contributed by atoms with Crippen LogP contribution in [0.15, 0.2) is 41.4 Å². The average Bonchev–Trinajstić information content (AvgIpc) is 3.04. The molecule has 0 aliphatic rings. The lowest BCUT2D eigenvalue weighted by Gasteiger charge is -2.15. The Labute approximate surface area is 158 Å². The standard InChI is InChI=1S/C18H25ClN4OS/c1-4-20-18(22-12-15(24)16-9-10-17(19)25-16)21-11-13-5-7-14(8-6-13)23(2)3/h5-10,15,24H,4,11-12H2,1-3H3,(H2,20,21,22). The Bertz CT molecular complexity index is 685. The maximum atomic E-state index is 10.2. The number of halogens is 1. The van der Waals surface area contributed by atoms with E-state index >= 15 is 0 Å². The molecule has 136 valence electrons. The molecule has 0 aliphatic heterocycles. The molecule has 0 amide bonds. The number of benzene rings is 1. The van der Waals surface area contributed by atoms with Gasteiger partial charge in [-0.2, -0.15) is 0 Å². The van der Waals surface area contributed by atoms with Crippen LogP contribution in [0, 0.1) is 0 Å². The number of thiophene rings is 1. The molecule has 0 fully saturated rings. The third kappa shape index (κ3) is 6.23. The molecular weight excluding hydrogens is 356 g/mol. The third-order valence-corrected chi connectivity index (χ3v) is 4.93. The summed E-state index contributed by atoms with van der Waals surface area (Å²) >= 11 is 7.30. The van der Waals surface area contributed by atoms with Crippen molar-refractivity contribution in [1.29, 1.82) is 0 Å². The zero-order valence-electron chi connectivity index (χ0n) is 14.8. The van der Waals surface area contributed by atoms with Crippen LogP contribution in [0.3, 0.4) is 0 Å². The summed E-state index contributed by atoms with van der Waals surface area (Å²) in [5.41, 5.74) is 2.30. The highest BCUT2D eigenvalue weighted by Gasteiger charge is 2.11. The highest BCUT2D eigenvalue weighted by Crippen LogP contribution is 2.26. The summed E-state index contributed by atoms with van der Waals surface area (Å²) in [5.74, 6) is 0.681. The van der Waals surface area contributed by atoms with E-state index in [0.29, 0.717) is 23.4 Å². The minimum Gasteiger partial charge on any atom is -0.386 e. The number of anilines is 1. The molecule has 1 atom stereocenters. The topological polar surface area (TPSA) is 59.9 Å². The van der Waals surface area contributed by atoms with Crippen LogP contribution in [0.5, 0.6) is 0 Å². The van der Waals surface area contributed by atoms with Crippen LogP contribution >= 0.6 is 22.9 Å². The highest BCUT2D eigenvalue weighted by atomic mass is 35.5. The van der Waals surface area contributed by atoms with Crippen molar-refractivity contribution >= 4 is 34.6 Å². The smallest absolute Gasteiger partial charge is 0.191 e. The van der Waals surface area contributed by atoms with Crippen LogP contribution in [-0.4, -0.2) is 38.3 Å². The zero-order valence-corrected chi connectivity index (χ0v) is 16.4. The lowest BCUT2D eigenvalue weighted by atomic mass is 10.2. The van der Waals surface area contributed by atoms with Crippen LogP contribution in [-0.2, 0) is 6.54 Å². The van der Waals surface area contributed by atoms with Crippen molar-refractivity contribution in [2.45, 2.75) is 19.6 Å². The van der Waals surface area contributed by atoms with Gasteiger partial charge in [0.15, 0.2) is 5.96 Å². The molecule has 0 aliphatic carbocycles. The molecule has 1 aromatic carbocycles. The number of guanidine groups is 1. The van der Waals surface area contributed by atoms with Crippen molar-refractivity contribution in [2.75, 3.05) is 32.1 Å². The number of hydrogen-bond donors (Lipinski definition) is 3. The lowest BCUT2D eigenvalue weighted by molar-refractivity contribution is 0.184. The Morgan fingerprint density at radius 2 is 1.92 bits per heavy atom. The van der Waals surface area contributed by atoms with Gasteiger partial charge in [-0.3, -0.25) is 0 Å². The van der Waals surface area contributed by atoms with Gasteiger partial charge < -0.3 is 20.6 Å². The fourth-order valence-corrected chi connectivity index (χ4v) is 3.26. The minimum absolute atomic E-state index is 0.377. The summed E-state index contributed by atoms with van der Waals surface area (Å²) in [6.07, 6.45) is -0.610. The minimum atomic E-state index is -0.610. The molecule has 5 nitrogen and oxygen atoms in total. The number of rotatable bonds is 7. The van der Waals surface area contributed by atoms with Crippen LogP contribution in [0.2, 0.25) is 4.34 Å². The number of nitrogens with zero attached hydrogens (tertiary/aromatic N) is 2. The van der Waals surface area contributed by atoms with Gasteiger partial charge in [-0.15, -0.1) is 11.3 Å². The van der Waals surface area contributed by atoms with Crippen molar-refractivity contribution in [3.05, 3.63) is 51.2 Å². The normalized spacial score (nSPS) is 12.8. The SMILES string of the molecule is CCNC(=NCc1ccc(N(C)C)cc1)NCC(O)c1ccc(Cl)s1. The molecule has 2 aromatic rings. The van der Waals surface area contributed by atoms with Crippen molar-refractivity contribution < 1.29 is 5.11 Å². The first kappa shape index (κ1) is 19.6. The number of aliphatic imine (C=N–C) groups is 1. The van der Waals surface area contributed by atoms with E-state index in [4.69, 9.17) is 11.6 Å². The van der Waals surface area contributed by atoms with Gasteiger partial charge in [-0.05, 0) is 36.8 Å². The quantitative estimate of drug-likeness (QED) is 0.509. The molecule has 25 heavy (non-hydrogen) atoms. The third-order valence-electron chi connectivity index (χ3n) is 3.60. The second-order valence-electron chi connectivity index (χ2n) is 5.79. The van der Waals surface area contributed by atoms with E-state index in [1.165, 1.54) is 11.3 Å². The van der Waals surface area contributed by atoms with Gasteiger partial charge in [-0.1, -0.05) is 23.7 Å². The Balaban J connectivity index is 1.93. The summed E-state index contributed by atoms with van der Waals surface area (Å²) in [6.45, 7) is 3.72. The molecule has 7 heteroatoms. The van der Waals surface area contributed by atoms with Gasteiger partial charge >= 0.3 is 0 Å². The van der Waals surface area contributed by atoms with E-state index in [1.807, 2.05) is 27.1 Å². The molecule has 0 radical (unpaired) electrons. The largest absolute Gasteiger partial charge is 0.386 e. The second kappa shape index (κ2) is 9.65. The molecule has 1 unspecified atom stereocenters. The second-order valence-corrected chi connectivity index (χ2v) is 7.54. The molecule has 3 N–H and O–H groups in total. The van der Waals surface area contributed by atoms with Crippen LogP contribution in [0.25, 0.3) is 0 Å². The van der Waals surface area contributed by atoms with Gasteiger partial charge in [-0.25, -0.2) is 4.99 Å². The number of aliphatic hydroxyl groups excluding tert-OH is 1. The first-order valence-corrected chi connectivity index (χ1v) is 9.40. The predicted octanol–water partition coefficient (Wildman–Crippen LogP) is 3.26. The molecule has 0 spiro atoms. The van der Waals surface area contributed by atoms with Crippen molar-refractivity contribution in [2.24, 2.45) is 4.99 Å². The summed E-state index contributed by atoms with van der Waals surface area (Å²) in [4.78, 5) is 7.48. The van der Waals surface area contributed by atoms with E-state index in [1.54, 1.807) is 6.07 Å². The van der Waals surface area contributed by atoms with E-state index in [-0.39, 0.29) is 0 Å². The van der Waals surface area contributed by atoms with Crippen LogP contribution < -0.4 is 15.5 Å². The monoisotopic (exact) mass is 380 g/mol. The first-order valence-electron chi connectivity index (χ1n) is 8.21. The molecule has 1 heterocycles. The maximum Gasteiger partial charge on any atom is 0.191 e. The summed E-state index contributed by atoms with van der Waals surface area (Å²) in [6, 6.07) is 11.9. The van der Waals surface area contributed by atoms with Crippen molar-refractivity contribution in [3.8, 4) is 0 Å². The summed E-state index contributed by atoms with van der Waals surface area (Å²) in [7, 11) is 4.04. The van der Waals surface area contributed by atoms with Gasteiger partial charge in [0.1, 0.15) is 6.10 Å². The Hall–Kier alpha value is -1.76. The van der Waals surface area contributed by atoms with E-state index in [0.717, 1.165) is 22.7 Å². The Morgan fingerprint density at radius 3 is 2.48 bits per heavy atom. The van der Waals surface area contributed by atoms with Gasteiger partial charge in [0.05, 0.1) is 10.9 Å². The first-order chi connectivity index (χ1) is 12.0. The van der Waals surface area contributed by atoms with Gasteiger partial charge in [0.25, 0.3) is 0 Å². The van der Waals surface area contributed by atoms with Gasteiger partial charge in [0.2, 0.25) is 0 Å². The molecular formula is C18H25ClN4OS. The number of nitrogens with one attached hydrogen (secondary N) is 2. The fraction of sp³-hybridized carbons (Fsp3) is 0.389. The number of aliphatic hydroxyl groups is 1. The fourth-order valence-electron chi connectivity index (χ4n) is 2.21.